The minimum Gasteiger partial charge on any atom is -0.345 e. The zero-order valence-electron chi connectivity index (χ0n) is 10.4. The molecule has 0 radical (unpaired) electrons. The van der Waals surface area contributed by atoms with E-state index in [0.29, 0.717) is 13.0 Å². The Morgan fingerprint density at radius 2 is 2.24 bits per heavy atom. The molecule has 2 aliphatic rings. The van der Waals surface area contributed by atoms with Gasteiger partial charge in [-0.05, 0) is 0 Å². The standard InChI is InChI=1S/C11H20N4O2/c1-14-4-6-15(7-5-14)10(16)8-9-11(17)13-3-2-12-9/h9,12H,2-8H2,1H3,(H,13,17)/p+2/t9-/m1/s1. The smallest absolute Gasteiger partial charge is 0.278 e. The fourth-order valence-electron chi connectivity index (χ4n) is 2.35. The van der Waals surface area contributed by atoms with Crippen molar-refractivity contribution in [3.8, 4) is 0 Å². The molecule has 2 rings (SSSR count). The maximum absolute atomic E-state index is 12.0. The molecule has 2 amide bonds. The number of nitrogens with zero attached hydrogens (tertiary/aromatic N) is 1. The molecule has 6 heteroatoms. The molecule has 0 aromatic carbocycles. The van der Waals surface area contributed by atoms with Crippen LogP contribution >= 0.6 is 0 Å². The van der Waals surface area contributed by atoms with Gasteiger partial charge in [0.05, 0.1) is 52.7 Å². The SMILES string of the molecule is C[NH+]1CCN(C(=O)C[C@H]2[NH2+]CCNC2=O)CC1. The van der Waals surface area contributed by atoms with Gasteiger partial charge in [0.15, 0.2) is 6.04 Å². The van der Waals surface area contributed by atoms with Crippen LogP contribution in [0.2, 0.25) is 0 Å². The molecule has 2 saturated heterocycles. The highest BCUT2D eigenvalue weighted by Gasteiger charge is 2.31. The number of piperazine rings is 2. The lowest BCUT2D eigenvalue weighted by Gasteiger charge is -2.31. The Balaban J connectivity index is 1.82. The number of rotatable bonds is 2. The van der Waals surface area contributed by atoms with Crippen LogP contribution in [0.15, 0.2) is 0 Å². The molecule has 0 aliphatic carbocycles. The second kappa shape index (κ2) is 5.46. The van der Waals surface area contributed by atoms with Gasteiger partial charge in [-0.25, -0.2) is 0 Å². The lowest BCUT2D eigenvalue weighted by molar-refractivity contribution is -0.883. The van der Waals surface area contributed by atoms with Crippen molar-refractivity contribution in [2.24, 2.45) is 0 Å². The second-order valence-corrected chi connectivity index (χ2v) is 4.96. The van der Waals surface area contributed by atoms with Crippen LogP contribution in [0.25, 0.3) is 0 Å². The summed E-state index contributed by atoms with van der Waals surface area (Å²) in [7, 11) is 2.14. The fraction of sp³-hybridized carbons (Fsp3) is 0.818. The number of hydrogen-bond donors (Lipinski definition) is 3. The summed E-state index contributed by atoms with van der Waals surface area (Å²) in [6.45, 7) is 5.23. The molecule has 2 heterocycles. The van der Waals surface area contributed by atoms with Crippen molar-refractivity contribution in [1.82, 2.24) is 10.2 Å². The quantitative estimate of drug-likeness (QED) is 0.459. The van der Waals surface area contributed by atoms with E-state index in [1.807, 2.05) is 10.2 Å². The minimum atomic E-state index is -0.219. The molecule has 96 valence electrons. The van der Waals surface area contributed by atoms with Gasteiger partial charge in [0.25, 0.3) is 5.91 Å². The third-order valence-electron chi connectivity index (χ3n) is 3.60. The monoisotopic (exact) mass is 242 g/mol. The number of amides is 2. The van der Waals surface area contributed by atoms with Crippen LogP contribution in [0.1, 0.15) is 6.42 Å². The average Bonchev–Trinajstić information content (AvgIpc) is 2.33. The van der Waals surface area contributed by atoms with E-state index >= 15 is 0 Å². The molecule has 0 aromatic heterocycles. The average molecular weight is 242 g/mol. The van der Waals surface area contributed by atoms with Gasteiger partial charge in [0.2, 0.25) is 5.91 Å². The van der Waals surface area contributed by atoms with Gasteiger partial charge in [0.1, 0.15) is 0 Å². The van der Waals surface area contributed by atoms with Gasteiger partial charge >= 0.3 is 0 Å². The maximum Gasteiger partial charge on any atom is 0.278 e. The van der Waals surface area contributed by atoms with Crippen molar-refractivity contribution >= 4 is 11.8 Å². The number of likely N-dealkylation sites (N-methyl/N-ethyl adjacent to an activating group) is 1. The van der Waals surface area contributed by atoms with E-state index < -0.39 is 0 Å². The Morgan fingerprint density at radius 3 is 2.88 bits per heavy atom. The van der Waals surface area contributed by atoms with Crippen LogP contribution in [-0.2, 0) is 9.59 Å². The van der Waals surface area contributed by atoms with Crippen LogP contribution in [0.5, 0.6) is 0 Å². The topological polar surface area (TPSA) is 70.5 Å². The number of carbonyl (C=O) groups is 2. The normalized spacial score (nSPS) is 26.8. The highest BCUT2D eigenvalue weighted by Crippen LogP contribution is 1.98. The number of nitrogens with two attached hydrogens (primary N) is 1. The summed E-state index contributed by atoms with van der Waals surface area (Å²) in [4.78, 5) is 26.9. The summed E-state index contributed by atoms with van der Waals surface area (Å²) in [5, 5.41) is 4.77. The molecule has 4 N–H and O–H groups in total. The predicted molar refractivity (Wildman–Crippen MR) is 61.4 cm³/mol. The summed E-state index contributed by atoms with van der Waals surface area (Å²) in [5.74, 6) is 0.125. The molecular formula is C11H22N4O2+2. The van der Waals surface area contributed by atoms with Crippen LogP contribution in [0.4, 0.5) is 0 Å². The van der Waals surface area contributed by atoms with Gasteiger partial charge in [0, 0.05) is 0 Å². The highest BCUT2D eigenvalue weighted by molar-refractivity contribution is 5.87. The lowest BCUT2D eigenvalue weighted by Crippen LogP contribution is -3.12. The summed E-state index contributed by atoms with van der Waals surface area (Å²) < 4.78 is 0. The molecule has 0 aromatic rings. The molecule has 0 saturated carbocycles. The Morgan fingerprint density at radius 1 is 1.53 bits per heavy atom. The fourth-order valence-corrected chi connectivity index (χ4v) is 2.35. The highest BCUT2D eigenvalue weighted by atomic mass is 16.2. The Kier molecular flexibility index (Phi) is 3.96. The second-order valence-electron chi connectivity index (χ2n) is 4.96. The van der Waals surface area contributed by atoms with Crippen molar-refractivity contribution in [2.45, 2.75) is 12.5 Å². The third-order valence-corrected chi connectivity index (χ3v) is 3.60. The van der Waals surface area contributed by atoms with Gasteiger partial charge < -0.3 is 20.4 Å². The zero-order chi connectivity index (χ0) is 12.3. The van der Waals surface area contributed by atoms with Gasteiger partial charge in [-0.2, -0.15) is 0 Å². The lowest BCUT2D eigenvalue weighted by atomic mass is 10.1. The van der Waals surface area contributed by atoms with Crippen molar-refractivity contribution < 1.29 is 19.8 Å². The number of hydrogen-bond acceptors (Lipinski definition) is 2. The number of carbonyl (C=O) groups excluding carboxylic acids is 2. The van der Waals surface area contributed by atoms with Crippen LogP contribution in [0.3, 0.4) is 0 Å². The molecule has 17 heavy (non-hydrogen) atoms. The summed E-state index contributed by atoms with van der Waals surface area (Å²) in [6.07, 6.45) is 0.338. The third kappa shape index (κ3) is 3.17. The molecule has 2 aliphatic heterocycles. The van der Waals surface area contributed by atoms with Crippen LogP contribution in [-0.4, -0.2) is 69.1 Å². The molecule has 0 unspecified atom stereocenters. The summed E-state index contributed by atoms with van der Waals surface area (Å²) in [5.41, 5.74) is 0. The van der Waals surface area contributed by atoms with Gasteiger partial charge in [-0.15, -0.1) is 0 Å². The van der Waals surface area contributed by atoms with Crippen molar-refractivity contribution in [2.75, 3.05) is 46.3 Å². The first-order valence-electron chi connectivity index (χ1n) is 6.37. The van der Waals surface area contributed by atoms with Gasteiger partial charge in [-0.1, -0.05) is 0 Å². The van der Waals surface area contributed by atoms with E-state index in [0.717, 1.165) is 32.7 Å². The number of quaternary nitrogens is 2. The minimum absolute atomic E-state index is 0.00403. The van der Waals surface area contributed by atoms with E-state index in [1.165, 1.54) is 4.90 Å². The Labute approximate surface area is 101 Å². The molecule has 6 nitrogen and oxygen atoms in total. The van der Waals surface area contributed by atoms with Crippen LogP contribution < -0.4 is 15.5 Å². The first kappa shape index (κ1) is 12.3. The Hall–Kier alpha value is -1.14. The number of nitrogens with one attached hydrogen (secondary N) is 2. The maximum atomic E-state index is 12.0. The van der Waals surface area contributed by atoms with Crippen LogP contribution in [0, 0.1) is 0 Å². The molecule has 2 fully saturated rings. The largest absolute Gasteiger partial charge is 0.345 e. The molecule has 0 bridgehead atoms. The predicted octanol–water partition coefficient (Wildman–Crippen LogP) is -4.20. The van der Waals surface area contributed by atoms with E-state index in [9.17, 15) is 9.59 Å². The van der Waals surface area contributed by atoms with Crippen molar-refractivity contribution in [3.63, 3.8) is 0 Å². The zero-order valence-corrected chi connectivity index (χ0v) is 10.4. The van der Waals surface area contributed by atoms with E-state index in [1.54, 1.807) is 0 Å². The van der Waals surface area contributed by atoms with E-state index in [2.05, 4.69) is 12.4 Å². The van der Waals surface area contributed by atoms with E-state index in [-0.39, 0.29) is 17.9 Å². The first-order valence-corrected chi connectivity index (χ1v) is 6.37. The Bertz CT molecular complexity index is 300. The van der Waals surface area contributed by atoms with Gasteiger partial charge in [-0.3, -0.25) is 9.59 Å². The molecule has 1 atom stereocenters. The molecule has 0 spiro atoms. The summed E-state index contributed by atoms with van der Waals surface area (Å²) in [6, 6.07) is -0.219. The van der Waals surface area contributed by atoms with Crippen molar-refractivity contribution in [1.29, 1.82) is 0 Å². The molecular weight excluding hydrogens is 220 g/mol. The first-order chi connectivity index (χ1) is 8.16. The van der Waals surface area contributed by atoms with E-state index in [4.69, 9.17) is 0 Å². The van der Waals surface area contributed by atoms with Crippen molar-refractivity contribution in [3.05, 3.63) is 0 Å². The summed E-state index contributed by atoms with van der Waals surface area (Å²) >= 11 is 0.